The number of aromatic nitrogens is 4. The number of aryl methyl sites for hydroxylation is 1. The first kappa shape index (κ1) is 21.9. The monoisotopic (exact) mass is 415 g/mol. The number of para-hydroxylation sites is 1. The number of nitrogens with zero attached hydrogens (tertiary/aromatic N) is 4. The largest absolute Gasteiger partial charge is 0.393 e. The van der Waals surface area contributed by atoms with Gasteiger partial charge in [-0.25, -0.2) is 14.4 Å². The molecule has 0 radical (unpaired) electrons. The summed E-state index contributed by atoms with van der Waals surface area (Å²) >= 11 is 0. The number of imidazole rings is 1. The van der Waals surface area contributed by atoms with Gasteiger partial charge in [0.15, 0.2) is 5.65 Å². The zero-order valence-corrected chi connectivity index (χ0v) is 17.5. The first-order valence-electron chi connectivity index (χ1n) is 10.4. The van der Waals surface area contributed by atoms with E-state index in [0.717, 1.165) is 32.2 Å². The second-order valence-electron chi connectivity index (χ2n) is 7.25. The molecular formula is C21H30FN7O. The van der Waals surface area contributed by atoms with Gasteiger partial charge in [0.25, 0.3) is 0 Å². The number of anilines is 3. The fourth-order valence-corrected chi connectivity index (χ4v) is 3.47. The molecule has 0 atom stereocenters. The molecule has 9 heteroatoms. The highest BCUT2D eigenvalue weighted by molar-refractivity contribution is 5.76. The number of nitrogens with two attached hydrogens (primary N) is 1. The number of benzene rings is 1. The second-order valence-corrected chi connectivity index (χ2v) is 7.25. The van der Waals surface area contributed by atoms with Crippen molar-refractivity contribution in [3.63, 3.8) is 0 Å². The highest BCUT2D eigenvalue weighted by Gasteiger charge is 2.20. The lowest BCUT2D eigenvalue weighted by molar-refractivity contribution is 0.126. The quantitative estimate of drug-likeness (QED) is 0.505. The Morgan fingerprint density at radius 3 is 2.53 bits per heavy atom. The van der Waals surface area contributed by atoms with Gasteiger partial charge in [-0.05, 0) is 51.3 Å². The van der Waals surface area contributed by atoms with Crippen LogP contribution in [0.5, 0.6) is 0 Å². The molecule has 0 aliphatic heterocycles. The number of nitrogens with one attached hydrogen (secondary N) is 2. The third-order valence-electron chi connectivity index (χ3n) is 4.95. The van der Waals surface area contributed by atoms with Crippen molar-refractivity contribution in [2.45, 2.75) is 58.2 Å². The van der Waals surface area contributed by atoms with Gasteiger partial charge in [0.05, 0.1) is 18.0 Å². The highest BCUT2D eigenvalue weighted by Crippen LogP contribution is 2.25. The Bertz CT molecular complexity index is 954. The van der Waals surface area contributed by atoms with Gasteiger partial charge in [0.2, 0.25) is 11.9 Å². The third-order valence-corrected chi connectivity index (χ3v) is 4.95. The van der Waals surface area contributed by atoms with Gasteiger partial charge in [-0.3, -0.25) is 4.57 Å². The van der Waals surface area contributed by atoms with E-state index < -0.39 is 0 Å². The van der Waals surface area contributed by atoms with Crippen LogP contribution in [0.25, 0.3) is 11.2 Å². The summed E-state index contributed by atoms with van der Waals surface area (Å²) in [5, 5.41) is 16.0. The van der Waals surface area contributed by atoms with Crippen molar-refractivity contribution >= 4 is 28.7 Å². The number of fused-ring (bicyclic) bond motifs is 1. The first-order chi connectivity index (χ1) is 14.5. The van der Waals surface area contributed by atoms with Crippen molar-refractivity contribution in [2.75, 3.05) is 17.2 Å². The van der Waals surface area contributed by atoms with E-state index in [2.05, 4.69) is 25.6 Å². The Labute approximate surface area is 175 Å². The second kappa shape index (κ2) is 10.3. The lowest BCUT2D eigenvalue weighted by Gasteiger charge is -2.26. The number of hydrogen-bond acceptors (Lipinski definition) is 7. The van der Waals surface area contributed by atoms with Crippen molar-refractivity contribution in [1.29, 1.82) is 0 Å². The minimum absolute atomic E-state index is 0.194. The number of rotatable bonds is 5. The molecule has 1 fully saturated rings. The normalized spacial score (nSPS) is 18.6. The molecule has 0 amide bonds. The van der Waals surface area contributed by atoms with Crippen LogP contribution in [-0.4, -0.2) is 43.3 Å². The average molecular weight is 416 g/mol. The molecule has 0 saturated heterocycles. The average Bonchev–Trinajstić information content (AvgIpc) is 3.08. The molecular weight excluding hydrogens is 385 g/mol. The molecule has 0 unspecified atom stereocenters. The van der Waals surface area contributed by atoms with Gasteiger partial charge >= 0.3 is 0 Å². The highest BCUT2D eigenvalue weighted by atomic mass is 19.1. The fraction of sp³-hybridized carbons (Fsp3) is 0.476. The van der Waals surface area contributed by atoms with Crippen molar-refractivity contribution in [2.24, 2.45) is 5.73 Å². The van der Waals surface area contributed by atoms with Crippen molar-refractivity contribution in [3.05, 3.63) is 36.3 Å². The Balaban J connectivity index is 0.000000806. The maximum absolute atomic E-state index is 14.0. The van der Waals surface area contributed by atoms with Crippen molar-refractivity contribution in [1.82, 2.24) is 19.5 Å². The standard InChI is InChI=1S/C19H23FN6O.C2H7N/c1-2-26-17-16(24-19(26)23-15-6-4-3-5-14(15)20)11-21-18(25-17)22-12-7-9-13(27)10-8-12;1-2-3/h3-6,11-13,27H,2,7-10H2,1H3,(H,23,24)(H,21,22,25);2-3H2,1H3. The number of hydrogen-bond donors (Lipinski definition) is 4. The lowest BCUT2D eigenvalue weighted by atomic mass is 9.93. The summed E-state index contributed by atoms with van der Waals surface area (Å²) in [6, 6.07) is 6.76. The van der Waals surface area contributed by atoms with Crippen LogP contribution in [-0.2, 0) is 6.54 Å². The van der Waals surface area contributed by atoms with Gasteiger partial charge in [-0.1, -0.05) is 19.1 Å². The Morgan fingerprint density at radius 2 is 1.87 bits per heavy atom. The summed E-state index contributed by atoms with van der Waals surface area (Å²) in [5.41, 5.74) is 6.57. The topological polar surface area (TPSA) is 114 Å². The minimum Gasteiger partial charge on any atom is -0.393 e. The predicted octanol–water partition coefficient (Wildman–Crippen LogP) is 3.41. The van der Waals surface area contributed by atoms with E-state index in [1.807, 2.05) is 18.4 Å². The Morgan fingerprint density at radius 1 is 1.17 bits per heavy atom. The van der Waals surface area contributed by atoms with E-state index in [0.29, 0.717) is 35.3 Å². The van der Waals surface area contributed by atoms with E-state index in [-0.39, 0.29) is 18.0 Å². The van der Waals surface area contributed by atoms with E-state index >= 15 is 0 Å². The molecule has 1 aliphatic carbocycles. The summed E-state index contributed by atoms with van der Waals surface area (Å²) in [6.45, 7) is 5.28. The Kier molecular flexibility index (Phi) is 7.53. The maximum atomic E-state index is 14.0. The van der Waals surface area contributed by atoms with Gasteiger partial charge in [-0.2, -0.15) is 4.98 Å². The van der Waals surface area contributed by atoms with Gasteiger partial charge in [0, 0.05) is 12.6 Å². The van der Waals surface area contributed by atoms with E-state index in [1.165, 1.54) is 6.07 Å². The zero-order chi connectivity index (χ0) is 21.5. The van der Waals surface area contributed by atoms with Crippen LogP contribution in [0.4, 0.5) is 22.0 Å². The molecule has 1 saturated carbocycles. The molecule has 0 bridgehead atoms. The SMILES string of the molecule is CCN.CCn1c(Nc2ccccc2F)nc2cnc(NC3CCC(O)CC3)nc21. The van der Waals surface area contributed by atoms with Crippen LogP contribution in [0.15, 0.2) is 30.5 Å². The van der Waals surface area contributed by atoms with E-state index in [9.17, 15) is 9.50 Å². The van der Waals surface area contributed by atoms with Crippen LogP contribution < -0.4 is 16.4 Å². The summed E-state index contributed by atoms with van der Waals surface area (Å²) in [6.07, 6.45) is 4.87. The molecule has 162 valence electrons. The molecule has 1 aromatic carbocycles. The van der Waals surface area contributed by atoms with E-state index in [1.54, 1.807) is 24.4 Å². The van der Waals surface area contributed by atoms with Crippen LogP contribution in [0.2, 0.25) is 0 Å². The minimum atomic E-state index is -0.333. The molecule has 2 aromatic heterocycles. The summed E-state index contributed by atoms with van der Waals surface area (Å²) in [7, 11) is 0. The van der Waals surface area contributed by atoms with Gasteiger partial charge < -0.3 is 21.5 Å². The molecule has 0 spiro atoms. The predicted molar refractivity (Wildman–Crippen MR) is 117 cm³/mol. The summed E-state index contributed by atoms with van der Waals surface area (Å²) in [4.78, 5) is 13.5. The van der Waals surface area contributed by atoms with Crippen molar-refractivity contribution in [3.8, 4) is 0 Å². The van der Waals surface area contributed by atoms with E-state index in [4.69, 9.17) is 5.73 Å². The Hall–Kier alpha value is -2.78. The molecule has 1 aliphatic rings. The molecule has 3 aromatic rings. The van der Waals surface area contributed by atoms with Gasteiger partial charge in [-0.15, -0.1) is 0 Å². The molecule has 5 N–H and O–H groups in total. The van der Waals surface area contributed by atoms with Crippen LogP contribution in [0, 0.1) is 5.82 Å². The molecule has 30 heavy (non-hydrogen) atoms. The van der Waals surface area contributed by atoms with Crippen LogP contribution >= 0.6 is 0 Å². The van der Waals surface area contributed by atoms with Crippen LogP contribution in [0.1, 0.15) is 39.5 Å². The van der Waals surface area contributed by atoms with Gasteiger partial charge in [0.1, 0.15) is 11.3 Å². The zero-order valence-electron chi connectivity index (χ0n) is 17.5. The number of aliphatic hydroxyl groups is 1. The smallest absolute Gasteiger partial charge is 0.224 e. The van der Waals surface area contributed by atoms with Crippen LogP contribution in [0.3, 0.4) is 0 Å². The summed E-state index contributed by atoms with van der Waals surface area (Å²) < 4.78 is 15.9. The first-order valence-corrected chi connectivity index (χ1v) is 10.4. The third kappa shape index (κ3) is 5.22. The number of halogens is 1. The number of aliphatic hydroxyl groups excluding tert-OH is 1. The fourth-order valence-electron chi connectivity index (χ4n) is 3.47. The molecule has 4 rings (SSSR count). The van der Waals surface area contributed by atoms with Crippen molar-refractivity contribution < 1.29 is 9.50 Å². The molecule has 2 heterocycles. The summed E-state index contributed by atoms with van der Waals surface area (Å²) in [5.74, 6) is 0.751. The maximum Gasteiger partial charge on any atom is 0.224 e. The lowest BCUT2D eigenvalue weighted by Crippen LogP contribution is -2.28. The molecule has 8 nitrogen and oxygen atoms in total.